The Balaban J connectivity index is 2.74. The van der Waals surface area contributed by atoms with E-state index in [0.29, 0.717) is 5.75 Å². The Bertz CT molecular complexity index is 390. The molecule has 1 aromatic carbocycles. The first-order valence-corrected chi connectivity index (χ1v) is 6.88. The molecule has 0 saturated carbocycles. The maximum atomic E-state index is 5.90. The van der Waals surface area contributed by atoms with Gasteiger partial charge in [0.2, 0.25) is 0 Å². The van der Waals surface area contributed by atoms with Crippen LogP contribution in [0.4, 0.5) is 5.69 Å². The van der Waals surface area contributed by atoms with E-state index in [-0.39, 0.29) is 0 Å². The van der Waals surface area contributed by atoms with Gasteiger partial charge >= 0.3 is 0 Å². The minimum Gasteiger partial charge on any atom is -0.493 e. The molecule has 0 atom stereocenters. The first-order chi connectivity index (χ1) is 9.15. The first-order valence-electron chi connectivity index (χ1n) is 6.88. The summed E-state index contributed by atoms with van der Waals surface area (Å²) in [6.45, 7) is 7.65. The van der Waals surface area contributed by atoms with E-state index < -0.39 is 0 Å². The summed E-state index contributed by atoms with van der Waals surface area (Å²) in [5.74, 6) is 1.51. The normalized spacial score (nSPS) is 10.8. The Hall–Kier alpha value is -1.42. The van der Waals surface area contributed by atoms with Gasteiger partial charge in [0.15, 0.2) is 11.5 Å². The molecular weight excluding hydrogens is 240 g/mol. The lowest BCUT2D eigenvalue weighted by atomic mass is 10.1. The van der Waals surface area contributed by atoms with Gasteiger partial charge in [-0.2, -0.15) is 0 Å². The maximum absolute atomic E-state index is 5.90. The van der Waals surface area contributed by atoms with Gasteiger partial charge in [-0.3, -0.25) is 0 Å². The minimum absolute atomic E-state index is 0.709. The zero-order chi connectivity index (χ0) is 14.3. The molecule has 0 saturated heterocycles. The Morgan fingerprint density at radius 3 is 2.32 bits per heavy atom. The number of nitrogens with zero attached hydrogens (tertiary/aromatic N) is 1. The van der Waals surface area contributed by atoms with Crippen molar-refractivity contribution in [2.45, 2.75) is 26.7 Å². The topological polar surface area (TPSA) is 47.7 Å². The van der Waals surface area contributed by atoms with Crippen LogP contribution in [0.3, 0.4) is 0 Å². The number of nitrogens with two attached hydrogens (primary N) is 1. The molecule has 0 heterocycles. The van der Waals surface area contributed by atoms with E-state index in [2.05, 4.69) is 18.7 Å². The number of ether oxygens (including phenoxy) is 2. The predicted octanol–water partition coefficient (Wildman–Crippen LogP) is 2.56. The molecule has 1 rings (SSSR count). The number of hydrogen-bond donors (Lipinski definition) is 1. The molecule has 0 unspecified atom stereocenters. The standard InChI is InChI=1S/C15H26N2O2/c1-5-17(6-2)9-7-8-12-10-13(16)11-14(18-3)15(12)19-4/h10-11H,5-9,16H2,1-4H3. The molecule has 0 aliphatic heterocycles. The van der Waals surface area contributed by atoms with E-state index >= 15 is 0 Å². The summed E-state index contributed by atoms with van der Waals surface area (Å²) in [6.07, 6.45) is 2.03. The molecule has 4 heteroatoms. The van der Waals surface area contributed by atoms with Crippen molar-refractivity contribution in [1.82, 2.24) is 4.90 Å². The van der Waals surface area contributed by atoms with Crippen molar-refractivity contribution >= 4 is 5.69 Å². The number of methoxy groups -OCH3 is 2. The molecule has 108 valence electrons. The Kier molecular flexibility index (Phi) is 6.50. The van der Waals surface area contributed by atoms with Crippen LogP contribution in [-0.2, 0) is 6.42 Å². The van der Waals surface area contributed by atoms with Gasteiger partial charge in [-0.1, -0.05) is 13.8 Å². The SMILES string of the molecule is CCN(CC)CCCc1cc(N)cc(OC)c1OC. The highest BCUT2D eigenvalue weighted by molar-refractivity contribution is 5.57. The smallest absolute Gasteiger partial charge is 0.164 e. The van der Waals surface area contributed by atoms with Crippen LogP contribution in [0.15, 0.2) is 12.1 Å². The Morgan fingerprint density at radius 2 is 1.79 bits per heavy atom. The second-order valence-electron chi connectivity index (χ2n) is 4.55. The van der Waals surface area contributed by atoms with Gasteiger partial charge < -0.3 is 20.1 Å². The largest absolute Gasteiger partial charge is 0.493 e. The van der Waals surface area contributed by atoms with Gasteiger partial charge in [-0.25, -0.2) is 0 Å². The number of aryl methyl sites for hydroxylation is 1. The van der Waals surface area contributed by atoms with Crippen LogP contribution in [0, 0.1) is 0 Å². The van der Waals surface area contributed by atoms with Crippen molar-refractivity contribution in [3.05, 3.63) is 17.7 Å². The molecule has 0 aliphatic rings. The van der Waals surface area contributed by atoms with Crippen molar-refractivity contribution < 1.29 is 9.47 Å². The van der Waals surface area contributed by atoms with Crippen LogP contribution in [0.25, 0.3) is 0 Å². The van der Waals surface area contributed by atoms with Crippen molar-refractivity contribution in [2.24, 2.45) is 0 Å². The number of benzene rings is 1. The lowest BCUT2D eigenvalue weighted by Crippen LogP contribution is -2.24. The highest BCUT2D eigenvalue weighted by Crippen LogP contribution is 2.34. The molecule has 0 amide bonds. The van der Waals surface area contributed by atoms with Gasteiger partial charge in [0.05, 0.1) is 14.2 Å². The number of anilines is 1. The van der Waals surface area contributed by atoms with E-state index in [1.807, 2.05) is 6.07 Å². The molecule has 4 nitrogen and oxygen atoms in total. The fraction of sp³-hybridized carbons (Fsp3) is 0.600. The maximum Gasteiger partial charge on any atom is 0.164 e. The zero-order valence-corrected chi connectivity index (χ0v) is 12.5. The van der Waals surface area contributed by atoms with Crippen LogP contribution in [0.2, 0.25) is 0 Å². The van der Waals surface area contributed by atoms with Crippen LogP contribution in [0.1, 0.15) is 25.8 Å². The third kappa shape index (κ3) is 4.31. The second-order valence-corrected chi connectivity index (χ2v) is 4.55. The number of rotatable bonds is 8. The highest BCUT2D eigenvalue weighted by atomic mass is 16.5. The fourth-order valence-electron chi connectivity index (χ4n) is 2.29. The van der Waals surface area contributed by atoms with E-state index in [4.69, 9.17) is 15.2 Å². The average molecular weight is 266 g/mol. The van der Waals surface area contributed by atoms with Crippen LogP contribution >= 0.6 is 0 Å². The quantitative estimate of drug-likeness (QED) is 0.735. The molecule has 0 radical (unpaired) electrons. The Morgan fingerprint density at radius 1 is 1.11 bits per heavy atom. The predicted molar refractivity (Wildman–Crippen MR) is 80.1 cm³/mol. The molecule has 0 aromatic heterocycles. The third-order valence-corrected chi connectivity index (χ3v) is 3.39. The van der Waals surface area contributed by atoms with E-state index in [0.717, 1.165) is 49.5 Å². The zero-order valence-electron chi connectivity index (χ0n) is 12.5. The summed E-state index contributed by atoms with van der Waals surface area (Å²) >= 11 is 0. The van der Waals surface area contributed by atoms with Crippen molar-refractivity contribution in [1.29, 1.82) is 0 Å². The van der Waals surface area contributed by atoms with Crippen molar-refractivity contribution in [3.8, 4) is 11.5 Å². The summed E-state index contributed by atoms with van der Waals surface area (Å²) < 4.78 is 10.8. The lowest BCUT2D eigenvalue weighted by molar-refractivity contribution is 0.298. The molecule has 1 aromatic rings. The molecule has 0 fully saturated rings. The van der Waals surface area contributed by atoms with E-state index in [1.54, 1.807) is 20.3 Å². The first kappa shape index (κ1) is 15.6. The summed E-state index contributed by atoms with van der Waals surface area (Å²) in [7, 11) is 3.30. The summed E-state index contributed by atoms with van der Waals surface area (Å²) in [5.41, 5.74) is 7.73. The van der Waals surface area contributed by atoms with Gasteiger partial charge in [-0.15, -0.1) is 0 Å². The number of hydrogen-bond acceptors (Lipinski definition) is 4. The van der Waals surface area contributed by atoms with Crippen LogP contribution in [-0.4, -0.2) is 38.8 Å². The summed E-state index contributed by atoms with van der Waals surface area (Å²) in [6, 6.07) is 3.77. The molecule has 0 spiro atoms. The molecule has 0 bridgehead atoms. The molecular formula is C15H26N2O2. The minimum atomic E-state index is 0.709. The average Bonchev–Trinajstić information content (AvgIpc) is 2.42. The molecule has 0 aliphatic carbocycles. The van der Waals surface area contributed by atoms with Gasteiger partial charge in [0.1, 0.15) is 0 Å². The fourth-order valence-corrected chi connectivity index (χ4v) is 2.29. The molecule has 19 heavy (non-hydrogen) atoms. The van der Waals surface area contributed by atoms with Crippen LogP contribution in [0.5, 0.6) is 11.5 Å². The number of nitrogen functional groups attached to an aromatic ring is 1. The van der Waals surface area contributed by atoms with Crippen molar-refractivity contribution in [2.75, 3.05) is 39.6 Å². The van der Waals surface area contributed by atoms with Gasteiger partial charge in [-0.05, 0) is 38.5 Å². The lowest BCUT2D eigenvalue weighted by Gasteiger charge is -2.18. The van der Waals surface area contributed by atoms with Crippen LogP contribution < -0.4 is 15.2 Å². The molecule has 2 N–H and O–H groups in total. The van der Waals surface area contributed by atoms with E-state index in [1.165, 1.54) is 0 Å². The second kappa shape index (κ2) is 7.89. The Labute approximate surface area is 116 Å². The van der Waals surface area contributed by atoms with Gasteiger partial charge in [0, 0.05) is 17.3 Å². The third-order valence-electron chi connectivity index (χ3n) is 3.39. The summed E-state index contributed by atoms with van der Waals surface area (Å²) in [5, 5.41) is 0. The monoisotopic (exact) mass is 266 g/mol. The van der Waals surface area contributed by atoms with Crippen molar-refractivity contribution in [3.63, 3.8) is 0 Å². The summed E-state index contributed by atoms with van der Waals surface area (Å²) in [4.78, 5) is 2.41. The van der Waals surface area contributed by atoms with Gasteiger partial charge in [0.25, 0.3) is 0 Å². The van der Waals surface area contributed by atoms with E-state index in [9.17, 15) is 0 Å². The highest BCUT2D eigenvalue weighted by Gasteiger charge is 2.11.